The van der Waals surface area contributed by atoms with Gasteiger partial charge in [-0.3, -0.25) is 4.57 Å². The predicted molar refractivity (Wildman–Crippen MR) is 73.1 cm³/mol. The van der Waals surface area contributed by atoms with Crippen LogP contribution in [-0.2, 0) is 0 Å². The second-order valence-corrected chi connectivity index (χ2v) is 5.10. The molecule has 0 aliphatic carbocycles. The summed E-state index contributed by atoms with van der Waals surface area (Å²) in [6.07, 6.45) is 1.06. The number of aromatic nitrogens is 2. The van der Waals surface area contributed by atoms with Gasteiger partial charge >= 0.3 is 5.69 Å². The number of hydrogen-bond donors (Lipinski definition) is 1. The highest BCUT2D eigenvalue weighted by Crippen LogP contribution is 2.24. The Bertz CT molecular complexity index is 625. The minimum absolute atomic E-state index is 0.0299. The van der Waals surface area contributed by atoms with Crippen LogP contribution in [0.4, 0.5) is 0 Å². The van der Waals surface area contributed by atoms with Crippen molar-refractivity contribution >= 4 is 11.0 Å². The highest BCUT2D eigenvalue weighted by atomic mass is 16.1. The molecule has 0 amide bonds. The molecular weight excluding hydrogens is 226 g/mol. The number of likely N-dealkylation sites (tertiary alicyclic amines) is 1. The Kier molecular flexibility index (Phi) is 2.74. The van der Waals surface area contributed by atoms with E-state index >= 15 is 0 Å². The molecule has 96 valence electrons. The highest BCUT2D eigenvalue weighted by molar-refractivity contribution is 5.78. The molecule has 4 heteroatoms. The summed E-state index contributed by atoms with van der Waals surface area (Å²) >= 11 is 0. The van der Waals surface area contributed by atoms with Crippen molar-refractivity contribution < 1.29 is 0 Å². The van der Waals surface area contributed by atoms with Crippen molar-refractivity contribution in [1.82, 2.24) is 14.5 Å². The number of nitrogens with zero attached hydrogens (tertiary/aromatic N) is 2. The van der Waals surface area contributed by atoms with Gasteiger partial charge in [-0.25, -0.2) is 4.79 Å². The van der Waals surface area contributed by atoms with Gasteiger partial charge in [0.05, 0.1) is 17.1 Å². The number of aromatic amines is 1. The molecule has 2 aromatic rings. The number of H-pyrrole nitrogens is 1. The van der Waals surface area contributed by atoms with E-state index in [1.54, 1.807) is 0 Å². The average Bonchev–Trinajstić information content (AvgIpc) is 2.93. The van der Waals surface area contributed by atoms with E-state index in [9.17, 15) is 4.79 Å². The Labute approximate surface area is 106 Å². The van der Waals surface area contributed by atoms with Crippen molar-refractivity contribution in [1.29, 1.82) is 0 Å². The summed E-state index contributed by atoms with van der Waals surface area (Å²) < 4.78 is 1.94. The molecule has 1 atom stereocenters. The summed E-state index contributed by atoms with van der Waals surface area (Å²) in [4.78, 5) is 17.6. The third kappa shape index (κ3) is 1.68. The van der Waals surface area contributed by atoms with Crippen LogP contribution in [0.25, 0.3) is 11.0 Å². The quantitative estimate of drug-likeness (QED) is 0.878. The van der Waals surface area contributed by atoms with Crippen LogP contribution in [0.2, 0.25) is 0 Å². The third-order valence-electron chi connectivity index (χ3n) is 4.02. The Morgan fingerprint density at radius 3 is 3.00 bits per heavy atom. The number of fused-ring (bicyclic) bond motifs is 1. The summed E-state index contributed by atoms with van der Waals surface area (Å²) in [6.45, 7) is 7.34. The van der Waals surface area contributed by atoms with E-state index in [1.807, 2.05) is 29.7 Å². The summed E-state index contributed by atoms with van der Waals surface area (Å²) in [5.74, 6) is 0. The molecular formula is C14H19N3O. The maximum Gasteiger partial charge on any atom is 0.326 e. The summed E-state index contributed by atoms with van der Waals surface area (Å²) in [6, 6.07) is 6.41. The minimum atomic E-state index is 0.0299. The normalized spacial score (nSPS) is 20.9. The number of imidazole rings is 1. The number of aryl methyl sites for hydroxylation is 1. The van der Waals surface area contributed by atoms with Gasteiger partial charge in [0.25, 0.3) is 0 Å². The van der Waals surface area contributed by atoms with Crippen LogP contribution < -0.4 is 5.69 Å². The van der Waals surface area contributed by atoms with Crippen molar-refractivity contribution in [2.45, 2.75) is 26.3 Å². The summed E-state index contributed by atoms with van der Waals surface area (Å²) in [5, 5.41) is 0. The zero-order valence-corrected chi connectivity index (χ0v) is 10.9. The van der Waals surface area contributed by atoms with Crippen molar-refractivity contribution in [3.63, 3.8) is 0 Å². The molecule has 1 N–H and O–H groups in total. The topological polar surface area (TPSA) is 41.0 Å². The standard InChI is InChI=1S/C14H19N3O/c1-3-16-8-7-11(9-16)17-12-6-4-5-10(2)13(12)15-14(17)18/h4-6,11H,3,7-9H2,1-2H3,(H,15,18). The Hall–Kier alpha value is -1.55. The molecule has 1 fully saturated rings. The van der Waals surface area contributed by atoms with E-state index < -0.39 is 0 Å². The smallest absolute Gasteiger partial charge is 0.305 e. The summed E-state index contributed by atoms with van der Waals surface area (Å²) in [7, 11) is 0. The number of rotatable bonds is 2. The van der Waals surface area contributed by atoms with Crippen molar-refractivity contribution in [2.24, 2.45) is 0 Å². The van der Waals surface area contributed by atoms with Crippen LogP contribution in [0.1, 0.15) is 24.9 Å². The lowest BCUT2D eigenvalue weighted by atomic mass is 10.2. The van der Waals surface area contributed by atoms with Crippen LogP contribution in [-0.4, -0.2) is 34.1 Å². The molecule has 0 spiro atoms. The van der Waals surface area contributed by atoms with Crippen LogP contribution >= 0.6 is 0 Å². The SMILES string of the molecule is CCN1CCC(n2c(=O)[nH]c3c(C)cccc32)C1. The Morgan fingerprint density at radius 1 is 1.44 bits per heavy atom. The van der Waals surface area contributed by atoms with Gasteiger partial charge in [-0.05, 0) is 31.5 Å². The van der Waals surface area contributed by atoms with Crippen LogP contribution in [0, 0.1) is 6.92 Å². The van der Waals surface area contributed by atoms with E-state index in [0.717, 1.165) is 42.7 Å². The fourth-order valence-electron chi connectivity index (χ4n) is 2.96. The second kappa shape index (κ2) is 4.28. The van der Waals surface area contributed by atoms with Gasteiger partial charge in [0.1, 0.15) is 0 Å². The van der Waals surface area contributed by atoms with E-state index in [1.165, 1.54) is 0 Å². The zero-order valence-electron chi connectivity index (χ0n) is 10.9. The number of benzene rings is 1. The average molecular weight is 245 g/mol. The number of likely N-dealkylation sites (N-methyl/N-ethyl adjacent to an activating group) is 1. The monoisotopic (exact) mass is 245 g/mol. The van der Waals surface area contributed by atoms with Gasteiger partial charge in [0.2, 0.25) is 0 Å². The number of hydrogen-bond acceptors (Lipinski definition) is 2. The molecule has 18 heavy (non-hydrogen) atoms. The molecule has 2 heterocycles. The van der Waals surface area contributed by atoms with Gasteiger partial charge in [-0.15, -0.1) is 0 Å². The summed E-state index contributed by atoms with van der Waals surface area (Å²) in [5.41, 5.74) is 3.19. The van der Waals surface area contributed by atoms with Gasteiger partial charge in [0, 0.05) is 13.1 Å². The van der Waals surface area contributed by atoms with Crippen LogP contribution in [0.3, 0.4) is 0 Å². The molecule has 1 aliphatic rings. The first-order chi connectivity index (χ1) is 8.70. The molecule has 1 aromatic carbocycles. The molecule has 0 radical (unpaired) electrons. The lowest BCUT2D eigenvalue weighted by molar-refractivity contribution is 0.341. The maximum atomic E-state index is 12.2. The predicted octanol–water partition coefficient (Wildman–Crippen LogP) is 1.90. The molecule has 1 saturated heterocycles. The van der Waals surface area contributed by atoms with Gasteiger partial charge < -0.3 is 9.88 Å². The minimum Gasteiger partial charge on any atom is -0.305 e. The fourth-order valence-corrected chi connectivity index (χ4v) is 2.96. The third-order valence-corrected chi connectivity index (χ3v) is 4.02. The van der Waals surface area contributed by atoms with Gasteiger partial charge in [-0.1, -0.05) is 19.1 Å². The van der Waals surface area contributed by atoms with Crippen molar-refractivity contribution in [3.8, 4) is 0 Å². The first kappa shape index (κ1) is 11.5. The zero-order chi connectivity index (χ0) is 12.7. The van der Waals surface area contributed by atoms with E-state index in [0.29, 0.717) is 6.04 Å². The molecule has 4 nitrogen and oxygen atoms in total. The highest BCUT2D eigenvalue weighted by Gasteiger charge is 2.25. The molecule has 0 saturated carbocycles. The molecule has 1 unspecified atom stereocenters. The van der Waals surface area contributed by atoms with E-state index in [2.05, 4.69) is 16.8 Å². The molecule has 1 aliphatic heterocycles. The first-order valence-corrected chi connectivity index (χ1v) is 6.63. The molecule has 3 rings (SSSR count). The Balaban J connectivity index is 2.10. The number of nitrogens with one attached hydrogen (secondary N) is 1. The van der Waals surface area contributed by atoms with E-state index in [-0.39, 0.29) is 5.69 Å². The first-order valence-electron chi connectivity index (χ1n) is 6.63. The van der Waals surface area contributed by atoms with Crippen LogP contribution in [0.5, 0.6) is 0 Å². The lowest BCUT2D eigenvalue weighted by Crippen LogP contribution is -2.26. The largest absolute Gasteiger partial charge is 0.326 e. The maximum absolute atomic E-state index is 12.2. The van der Waals surface area contributed by atoms with E-state index in [4.69, 9.17) is 0 Å². The lowest BCUT2D eigenvalue weighted by Gasteiger charge is -2.14. The number of para-hydroxylation sites is 1. The van der Waals surface area contributed by atoms with Gasteiger partial charge in [0.15, 0.2) is 0 Å². The Morgan fingerprint density at radius 2 is 2.28 bits per heavy atom. The van der Waals surface area contributed by atoms with Gasteiger partial charge in [-0.2, -0.15) is 0 Å². The molecule has 1 aromatic heterocycles. The van der Waals surface area contributed by atoms with Crippen LogP contribution in [0.15, 0.2) is 23.0 Å². The fraction of sp³-hybridized carbons (Fsp3) is 0.500. The molecule has 0 bridgehead atoms. The van der Waals surface area contributed by atoms with Crippen molar-refractivity contribution in [3.05, 3.63) is 34.2 Å². The second-order valence-electron chi connectivity index (χ2n) is 5.10. The van der Waals surface area contributed by atoms with Crippen molar-refractivity contribution in [2.75, 3.05) is 19.6 Å².